The lowest BCUT2D eigenvalue weighted by Crippen LogP contribution is -2.47. The third-order valence-electron chi connectivity index (χ3n) is 3.49. The van der Waals surface area contributed by atoms with Crippen LogP contribution in [0.5, 0.6) is 0 Å². The molecular weight excluding hydrogens is 384 g/mol. The fourth-order valence-electron chi connectivity index (χ4n) is 2.22. The van der Waals surface area contributed by atoms with Gasteiger partial charge in [0.05, 0.1) is 6.04 Å². The molecule has 0 saturated carbocycles. The summed E-state index contributed by atoms with van der Waals surface area (Å²) in [5, 5.41) is 5.03. The van der Waals surface area contributed by atoms with E-state index in [0.29, 0.717) is 13.0 Å². The largest absolute Gasteiger partial charge is 0.445 e. The maximum Gasteiger partial charge on any atom is 0.407 e. The van der Waals surface area contributed by atoms with Gasteiger partial charge in [-0.2, -0.15) is 0 Å². The Morgan fingerprint density at radius 2 is 1.60 bits per heavy atom. The van der Waals surface area contributed by atoms with E-state index in [1.54, 1.807) is 6.92 Å². The molecule has 0 aromatic heterocycles. The molecule has 0 heterocycles. The summed E-state index contributed by atoms with van der Waals surface area (Å²) in [4.78, 5) is 35.8. The molecule has 1 aromatic carbocycles. The van der Waals surface area contributed by atoms with Crippen molar-refractivity contribution in [2.75, 3.05) is 19.8 Å². The van der Waals surface area contributed by atoms with Crippen molar-refractivity contribution in [2.45, 2.75) is 60.6 Å². The van der Waals surface area contributed by atoms with Gasteiger partial charge in [-0.25, -0.2) is 4.79 Å². The second kappa shape index (κ2) is 16.4. The van der Waals surface area contributed by atoms with E-state index in [9.17, 15) is 14.4 Å². The number of alkyl carbamates (subject to hydrolysis) is 1. The summed E-state index contributed by atoms with van der Waals surface area (Å²) < 4.78 is 10.2. The summed E-state index contributed by atoms with van der Waals surface area (Å²) in [6.45, 7) is 12.5. The number of ketones is 1. The Kier molecular flexibility index (Phi) is 15.1. The van der Waals surface area contributed by atoms with Crippen molar-refractivity contribution in [3.8, 4) is 0 Å². The number of benzene rings is 1. The second-order valence-electron chi connectivity index (χ2n) is 8.00. The minimum Gasteiger partial charge on any atom is -0.445 e. The molecule has 2 amide bonds. The van der Waals surface area contributed by atoms with Gasteiger partial charge >= 0.3 is 6.09 Å². The fraction of sp³-hybridized carbons (Fsp3) is 0.609. The minimum absolute atomic E-state index is 0.0410. The van der Waals surface area contributed by atoms with Crippen LogP contribution in [0.4, 0.5) is 4.79 Å². The molecule has 1 aromatic rings. The monoisotopic (exact) mass is 422 g/mol. The van der Waals surface area contributed by atoms with Gasteiger partial charge in [0.25, 0.3) is 0 Å². The first-order chi connectivity index (χ1) is 14.1. The number of carbonyl (C=O) groups is 3. The van der Waals surface area contributed by atoms with Crippen LogP contribution < -0.4 is 10.6 Å². The number of amides is 2. The van der Waals surface area contributed by atoms with Crippen LogP contribution in [0.15, 0.2) is 30.3 Å². The first-order valence-corrected chi connectivity index (χ1v) is 10.5. The lowest BCUT2D eigenvalue weighted by atomic mass is 10.0. The molecule has 30 heavy (non-hydrogen) atoms. The van der Waals surface area contributed by atoms with E-state index in [1.807, 2.05) is 44.2 Å². The van der Waals surface area contributed by atoms with Crippen LogP contribution in [-0.4, -0.2) is 43.6 Å². The highest BCUT2D eigenvalue weighted by Crippen LogP contribution is 2.06. The first kappa shape index (κ1) is 27.6. The lowest BCUT2D eigenvalue weighted by molar-refractivity contribution is -0.130. The molecule has 2 N–H and O–H groups in total. The Morgan fingerprint density at radius 1 is 1.00 bits per heavy atom. The van der Waals surface area contributed by atoms with Crippen LogP contribution in [0.1, 0.15) is 53.5 Å². The Balaban J connectivity index is 0.00000192. The Hall–Kier alpha value is -2.41. The van der Waals surface area contributed by atoms with Crippen molar-refractivity contribution in [1.29, 1.82) is 0 Å². The molecule has 0 radical (unpaired) electrons. The fourth-order valence-corrected chi connectivity index (χ4v) is 2.22. The van der Waals surface area contributed by atoms with Gasteiger partial charge in [-0.1, -0.05) is 65.0 Å². The molecule has 7 nitrogen and oxygen atoms in total. The number of rotatable bonds is 11. The second-order valence-corrected chi connectivity index (χ2v) is 8.00. The van der Waals surface area contributed by atoms with E-state index in [0.717, 1.165) is 11.5 Å². The molecule has 1 rings (SSSR count). The van der Waals surface area contributed by atoms with Gasteiger partial charge in [0, 0.05) is 6.61 Å². The highest BCUT2D eigenvalue weighted by molar-refractivity contribution is 5.91. The predicted octanol–water partition coefficient (Wildman–Crippen LogP) is 3.71. The number of carbonyl (C=O) groups excluding carboxylic acids is 3. The van der Waals surface area contributed by atoms with Crippen LogP contribution in [0, 0.1) is 11.8 Å². The van der Waals surface area contributed by atoms with Crippen molar-refractivity contribution in [3.63, 3.8) is 0 Å². The standard InChI is InChI=1S/C19H28N2O5.C4H10/c1-4-25-13-17(22)16(10-14(2)3)21-18(23)11-20-19(24)26-12-15-8-6-5-7-9-15;1-4(2)3/h5-9,14,16H,4,10-13H2,1-3H3,(H,20,24)(H,21,23);4H,1-3H3. The smallest absolute Gasteiger partial charge is 0.407 e. The van der Waals surface area contributed by atoms with E-state index in [1.165, 1.54) is 0 Å². The molecule has 1 atom stereocenters. The number of hydrogen-bond acceptors (Lipinski definition) is 5. The van der Waals surface area contributed by atoms with Gasteiger partial charge in [-0.3, -0.25) is 9.59 Å². The van der Waals surface area contributed by atoms with Crippen molar-refractivity contribution >= 4 is 17.8 Å². The number of ether oxygens (including phenoxy) is 2. The molecule has 0 fully saturated rings. The Labute approximate surface area is 180 Å². The quantitative estimate of drug-likeness (QED) is 0.567. The average molecular weight is 423 g/mol. The van der Waals surface area contributed by atoms with Crippen LogP contribution in [0.3, 0.4) is 0 Å². The van der Waals surface area contributed by atoms with Crippen LogP contribution in [-0.2, 0) is 25.7 Å². The molecule has 0 bridgehead atoms. The number of Topliss-reactive ketones (excluding diaryl/α,β-unsaturated/α-hetero) is 1. The van der Waals surface area contributed by atoms with Gasteiger partial charge in [-0.15, -0.1) is 0 Å². The molecule has 0 aliphatic carbocycles. The third kappa shape index (κ3) is 15.5. The summed E-state index contributed by atoms with van der Waals surface area (Å²) in [5.41, 5.74) is 0.852. The normalized spacial score (nSPS) is 11.3. The summed E-state index contributed by atoms with van der Waals surface area (Å²) >= 11 is 0. The Bertz CT molecular complexity index is 615. The zero-order valence-corrected chi connectivity index (χ0v) is 19.2. The van der Waals surface area contributed by atoms with E-state index in [2.05, 4.69) is 31.4 Å². The van der Waals surface area contributed by atoms with Crippen molar-refractivity contribution < 1.29 is 23.9 Å². The van der Waals surface area contributed by atoms with Gasteiger partial charge in [0.1, 0.15) is 19.8 Å². The van der Waals surface area contributed by atoms with E-state index in [-0.39, 0.29) is 31.5 Å². The van der Waals surface area contributed by atoms with E-state index in [4.69, 9.17) is 9.47 Å². The highest BCUT2D eigenvalue weighted by atomic mass is 16.5. The zero-order chi connectivity index (χ0) is 22.9. The SMILES string of the molecule is CC(C)C.CCOCC(=O)C(CC(C)C)NC(=O)CNC(=O)OCc1ccccc1. The summed E-state index contributed by atoms with van der Waals surface area (Å²) in [6.07, 6.45) is -0.180. The average Bonchev–Trinajstić information content (AvgIpc) is 2.68. The molecule has 0 saturated heterocycles. The summed E-state index contributed by atoms with van der Waals surface area (Å²) in [7, 11) is 0. The summed E-state index contributed by atoms with van der Waals surface area (Å²) in [6, 6.07) is 8.60. The minimum atomic E-state index is -0.690. The van der Waals surface area contributed by atoms with Crippen molar-refractivity contribution in [2.24, 2.45) is 11.8 Å². The third-order valence-corrected chi connectivity index (χ3v) is 3.49. The van der Waals surface area contributed by atoms with Gasteiger partial charge in [0.15, 0.2) is 5.78 Å². The lowest BCUT2D eigenvalue weighted by Gasteiger charge is -2.19. The molecule has 0 spiro atoms. The van der Waals surface area contributed by atoms with Crippen molar-refractivity contribution in [1.82, 2.24) is 10.6 Å². The number of hydrogen-bond donors (Lipinski definition) is 2. The van der Waals surface area contributed by atoms with Gasteiger partial charge < -0.3 is 20.1 Å². The molecule has 1 unspecified atom stereocenters. The molecule has 7 heteroatoms. The van der Waals surface area contributed by atoms with Gasteiger partial charge in [-0.05, 0) is 30.7 Å². The maximum atomic E-state index is 12.1. The van der Waals surface area contributed by atoms with E-state index < -0.39 is 18.0 Å². The molecule has 0 aliphatic rings. The Morgan fingerprint density at radius 3 is 2.13 bits per heavy atom. The van der Waals surface area contributed by atoms with Crippen LogP contribution in [0.2, 0.25) is 0 Å². The topological polar surface area (TPSA) is 93.7 Å². The zero-order valence-electron chi connectivity index (χ0n) is 19.2. The van der Waals surface area contributed by atoms with Crippen LogP contribution >= 0.6 is 0 Å². The maximum absolute atomic E-state index is 12.1. The first-order valence-electron chi connectivity index (χ1n) is 10.5. The molecular formula is C23H38N2O5. The van der Waals surface area contributed by atoms with E-state index >= 15 is 0 Å². The highest BCUT2D eigenvalue weighted by Gasteiger charge is 2.22. The van der Waals surface area contributed by atoms with Crippen LogP contribution in [0.25, 0.3) is 0 Å². The van der Waals surface area contributed by atoms with Crippen molar-refractivity contribution in [3.05, 3.63) is 35.9 Å². The molecule has 0 aliphatic heterocycles. The predicted molar refractivity (Wildman–Crippen MR) is 118 cm³/mol. The van der Waals surface area contributed by atoms with Gasteiger partial charge in [0.2, 0.25) is 5.91 Å². The molecule has 170 valence electrons. The number of nitrogens with one attached hydrogen (secondary N) is 2. The summed E-state index contributed by atoms with van der Waals surface area (Å²) in [5.74, 6) is 0.437.